The van der Waals surface area contributed by atoms with Gasteiger partial charge in [0.2, 0.25) is 0 Å². The molecule has 0 unspecified atom stereocenters. The van der Waals surface area contributed by atoms with Crippen LogP contribution in [-0.4, -0.2) is 11.4 Å². The monoisotopic (exact) mass is 240 g/mol. The first kappa shape index (κ1) is 9.22. The standard InChI is InChI=1S/C11H13BrO/c12-11-6-10(11)8-13-7-9-4-2-1-3-5-9/h1-5,10-11H,6-8H2/t10-,11+/m1/s1. The molecule has 0 aromatic heterocycles. The number of benzene rings is 1. The number of hydrogen-bond acceptors (Lipinski definition) is 1. The van der Waals surface area contributed by atoms with Crippen molar-refractivity contribution < 1.29 is 4.74 Å². The molecule has 13 heavy (non-hydrogen) atoms. The summed E-state index contributed by atoms with van der Waals surface area (Å²) in [5.41, 5.74) is 1.26. The fraction of sp³-hybridized carbons (Fsp3) is 0.455. The minimum atomic E-state index is 0.711. The zero-order valence-corrected chi connectivity index (χ0v) is 9.03. The van der Waals surface area contributed by atoms with Gasteiger partial charge >= 0.3 is 0 Å². The van der Waals surface area contributed by atoms with Crippen LogP contribution >= 0.6 is 15.9 Å². The maximum atomic E-state index is 5.58. The molecule has 1 saturated carbocycles. The van der Waals surface area contributed by atoms with Gasteiger partial charge in [0.05, 0.1) is 13.2 Å². The normalized spacial score (nSPS) is 25.9. The van der Waals surface area contributed by atoms with E-state index in [0.29, 0.717) is 4.83 Å². The van der Waals surface area contributed by atoms with Crippen molar-refractivity contribution in [3.05, 3.63) is 35.9 Å². The molecule has 70 valence electrons. The molecule has 1 fully saturated rings. The second-order valence-electron chi connectivity index (χ2n) is 3.51. The van der Waals surface area contributed by atoms with Crippen LogP contribution in [0.5, 0.6) is 0 Å². The summed E-state index contributed by atoms with van der Waals surface area (Å²) in [5, 5.41) is 0. The lowest BCUT2D eigenvalue weighted by molar-refractivity contribution is 0.112. The number of halogens is 1. The second-order valence-corrected chi connectivity index (χ2v) is 4.69. The second kappa shape index (κ2) is 4.25. The summed E-state index contributed by atoms with van der Waals surface area (Å²) in [4.78, 5) is 0.711. The highest BCUT2D eigenvalue weighted by Crippen LogP contribution is 2.37. The Hall–Kier alpha value is -0.340. The van der Waals surface area contributed by atoms with E-state index in [1.807, 2.05) is 18.2 Å². The summed E-state index contributed by atoms with van der Waals surface area (Å²) in [6.07, 6.45) is 1.27. The third-order valence-corrected chi connectivity index (χ3v) is 3.40. The van der Waals surface area contributed by atoms with E-state index in [9.17, 15) is 0 Å². The van der Waals surface area contributed by atoms with E-state index < -0.39 is 0 Å². The molecule has 0 aliphatic heterocycles. The molecule has 1 aromatic carbocycles. The van der Waals surface area contributed by atoms with Crippen molar-refractivity contribution in [2.45, 2.75) is 17.9 Å². The van der Waals surface area contributed by atoms with Gasteiger partial charge in [-0.25, -0.2) is 0 Å². The Morgan fingerprint density at radius 1 is 1.31 bits per heavy atom. The van der Waals surface area contributed by atoms with Crippen molar-refractivity contribution in [3.63, 3.8) is 0 Å². The zero-order valence-electron chi connectivity index (χ0n) is 7.45. The molecular formula is C11H13BrO. The van der Waals surface area contributed by atoms with Crippen LogP contribution in [-0.2, 0) is 11.3 Å². The lowest BCUT2D eigenvalue weighted by atomic mass is 10.2. The highest BCUT2D eigenvalue weighted by Gasteiger charge is 2.34. The van der Waals surface area contributed by atoms with Crippen molar-refractivity contribution in [2.24, 2.45) is 5.92 Å². The van der Waals surface area contributed by atoms with Crippen LogP contribution in [0.2, 0.25) is 0 Å². The Bertz CT molecular complexity index is 260. The fourth-order valence-corrected chi connectivity index (χ4v) is 1.92. The van der Waals surface area contributed by atoms with Crippen LogP contribution in [0.3, 0.4) is 0 Å². The highest BCUT2D eigenvalue weighted by molar-refractivity contribution is 9.09. The first-order valence-corrected chi connectivity index (χ1v) is 5.53. The summed E-state index contributed by atoms with van der Waals surface area (Å²) in [6.45, 7) is 1.64. The zero-order chi connectivity index (χ0) is 9.10. The number of alkyl halides is 1. The summed E-state index contributed by atoms with van der Waals surface area (Å²) >= 11 is 3.55. The van der Waals surface area contributed by atoms with Crippen molar-refractivity contribution >= 4 is 15.9 Å². The quantitative estimate of drug-likeness (QED) is 0.736. The Kier molecular flexibility index (Phi) is 3.01. The molecule has 2 heteroatoms. The molecule has 0 N–H and O–H groups in total. The Labute approximate surface area is 87.2 Å². The predicted molar refractivity (Wildman–Crippen MR) is 56.9 cm³/mol. The van der Waals surface area contributed by atoms with Gasteiger partial charge in [0.1, 0.15) is 0 Å². The molecule has 0 bridgehead atoms. The van der Waals surface area contributed by atoms with Crippen molar-refractivity contribution in [2.75, 3.05) is 6.61 Å². The maximum absolute atomic E-state index is 5.58. The maximum Gasteiger partial charge on any atom is 0.0717 e. The molecule has 0 amide bonds. The van der Waals surface area contributed by atoms with Gasteiger partial charge in [-0.3, -0.25) is 0 Å². The van der Waals surface area contributed by atoms with E-state index in [1.54, 1.807) is 0 Å². The molecule has 1 aliphatic carbocycles. The SMILES string of the molecule is Br[C@H]1C[C@@H]1COCc1ccccc1. The molecule has 0 spiro atoms. The molecule has 1 nitrogen and oxygen atoms in total. The lowest BCUT2D eigenvalue weighted by Crippen LogP contribution is -1.98. The molecule has 2 atom stereocenters. The van der Waals surface area contributed by atoms with Crippen LogP contribution < -0.4 is 0 Å². The average molecular weight is 241 g/mol. The van der Waals surface area contributed by atoms with E-state index in [0.717, 1.165) is 19.1 Å². The fourth-order valence-electron chi connectivity index (χ4n) is 1.29. The van der Waals surface area contributed by atoms with Gasteiger partial charge in [-0.15, -0.1) is 0 Å². The van der Waals surface area contributed by atoms with Gasteiger partial charge in [-0.2, -0.15) is 0 Å². The van der Waals surface area contributed by atoms with Gasteiger partial charge in [-0.1, -0.05) is 46.3 Å². The third kappa shape index (κ3) is 2.82. The summed E-state index contributed by atoms with van der Waals surface area (Å²) < 4.78 is 5.58. The summed E-state index contributed by atoms with van der Waals surface area (Å²) in [5.74, 6) is 0.753. The lowest BCUT2D eigenvalue weighted by Gasteiger charge is -2.02. The Morgan fingerprint density at radius 3 is 2.62 bits per heavy atom. The molecule has 1 aromatic rings. The third-order valence-electron chi connectivity index (χ3n) is 2.28. The Balaban J connectivity index is 1.68. The Morgan fingerprint density at radius 2 is 2.00 bits per heavy atom. The van der Waals surface area contributed by atoms with E-state index in [4.69, 9.17) is 4.74 Å². The van der Waals surface area contributed by atoms with E-state index >= 15 is 0 Å². The van der Waals surface area contributed by atoms with Crippen molar-refractivity contribution in [1.29, 1.82) is 0 Å². The predicted octanol–water partition coefficient (Wildman–Crippen LogP) is 2.99. The van der Waals surface area contributed by atoms with Gasteiger partial charge in [0.15, 0.2) is 0 Å². The van der Waals surface area contributed by atoms with Crippen LogP contribution in [0.1, 0.15) is 12.0 Å². The molecule has 2 rings (SSSR count). The number of rotatable bonds is 4. The highest BCUT2D eigenvalue weighted by atomic mass is 79.9. The van der Waals surface area contributed by atoms with Crippen LogP contribution in [0.25, 0.3) is 0 Å². The van der Waals surface area contributed by atoms with Crippen molar-refractivity contribution in [3.8, 4) is 0 Å². The van der Waals surface area contributed by atoms with Crippen LogP contribution in [0, 0.1) is 5.92 Å². The topological polar surface area (TPSA) is 9.23 Å². The number of ether oxygens (including phenoxy) is 1. The van der Waals surface area contributed by atoms with E-state index in [-0.39, 0.29) is 0 Å². The molecule has 1 aliphatic rings. The first-order chi connectivity index (χ1) is 6.36. The van der Waals surface area contributed by atoms with Crippen LogP contribution in [0.15, 0.2) is 30.3 Å². The minimum absolute atomic E-state index is 0.711. The van der Waals surface area contributed by atoms with E-state index in [1.165, 1.54) is 12.0 Å². The average Bonchev–Trinajstić information content (AvgIpc) is 2.84. The number of hydrogen-bond donors (Lipinski definition) is 0. The van der Waals surface area contributed by atoms with Gasteiger partial charge in [0, 0.05) is 4.83 Å². The van der Waals surface area contributed by atoms with Gasteiger partial charge in [-0.05, 0) is 17.9 Å². The summed E-state index contributed by atoms with van der Waals surface area (Å²) in [7, 11) is 0. The minimum Gasteiger partial charge on any atom is -0.376 e. The molecular weight excluding hydrogens is 228 g/mol. The molecule has 0 radical (unpaired) electrons. The van der Waals surface area contributed by atoms with E-state index in [2.05, 4.69) is 28.1 Å². The summed E-state index contributed by atoms with van der Waals surface area (Å²) in [6, 6.07) is 10.3. The first-order valence-electron chi connectivity index (χ1n) is 4.62. The smallest absolute Gasteiger partial charge is 0.0717 e. The van der Waals surface area contributed by atoms with Crippen molar-refractivity contribution in [1.82, 2.24) is 0 Å². The largest absolute Gasteiger partial charge is 0.376 e. The van der Waals surface area contributed by atoms with Crippen LogP contribution in [0.4, 0.5) is 0 Å². The van der Waals surface area contributed by atoms with Gasteiger partial charge < -0.3 is 4.74 Å². The molecule has 0 saturated heterocycles. The molecule has 0 heterocycles. The van der Waals surface area contributed by atoms with Gasteiger partial charge in [0.25, 0.3) is 0 Å².